The van der Waals surface area contributed by atoms with Gasteiger partial charge in [-0.3, -0.25) is 5.10 Å². The number of H-pyrrole nitrogens is 1. The molecule has 0 amide bonds. The third-order valence-electron chi connectivity index (χ3n) is 2.51. The molecule has 104 valence electrons. The first-order valence-electron chi connectivity index (χ1n) is 5.41. The first kappa shape index (κ1) is 14.6. The van der Waals surface area contributed by atoms with Crippen LogP contribution in [0.15, 0.2) is 14.1 Å². The van der Waals surface area contributed by atoms with Crippen LogP contribution in [0, 0.1) is 13.8 Å². The van der Waals surface area contributed by atoms with Crippen molar-refractivity contribution >= 4 is 37.3 Å². The monoisotopic (exact) mass is 364 g/mol. The van der Waals surface area contributed by atoms with Crippen LogP contribution in [-0.4, -0.2) is 35.0 Å². The summed E-state index contributed by atoms with van der Waals surface area (Å²) < 4.78 is 27.1. The van der Waals surface area contributed by atoms with Crippen LogP contribution in [-0.2, 0) is 16.6 Å². The molecule has 0 aliphatic heterocycles. The van der Waals surface area contributed by atoms with Crippen LogP contribution < -0.4 is 0 Å². The molecule has 0 bridgehead atoms. The molecule has 0 aliphatic carbocycles. The van der Waals surface area contributed by atoms with Crippen LogP contribution in [0.25, 0.3) is 0 Å². The van der Waals surface area contributed by atoms with Crippen molar-refractivity contribution in [3.8, 4) is 0 Å². The number of thiophene rings is 1. The molecule has 19 heavy (non-hydrogen) atoms. The van der Waals surface area contributed by atoms with Gasteiger partial charge in [-0.1, -0.05) is 0 Å². The zero-order valence-electron chi connectivity index (χ0n) is 10.6. The lowest BCUT2D eigenvalue weighted by molar-refractivity contribution is 0.459. The minimum Gasteiger partial charge on any atom is -0.263 e. The number of nitrogens with zero attached hydrogens (tertiary/aromatic N) is 3. The van der Waals surface area contributed by atoms with Crippen molar-refractivity contribution in [1.82, 2.24) is 19.5 Å². The maximum absolute atomic E-state index is 12.4. The molecule has 0 aromatic carbocycles. The third-order valence-corrected chi connectivity index (χ3v) is 6.90. The second kappa shape index (κ2) is 5.31. The fourth-order valence-corrected chi connectivity index (χ4v) is 5.02. The minimum absolute atomic E-state index is 0.140. The van der Waals surface area contributed by atoms with E-state index in [0.29, 0.717) is 15.9 Å². The minimum atomic E-state index is -3.50. The molecule has 9 heteroatoms. The van der Waals surface area contributed by atoms with E-state index in [1.54, 1.807) is 13.0 Å². The average Bonchev–Trinajstić information content (AvgIpc) is 2.87. The van der Waals surface area contributed by atoms with Crippen molar-refractivity contribution in [2.75, 3.05) is 7.05 Å². The predicted octanol–water partition coefficient (Wildman–Crippen LogP) is 2.07. The van der Waals surface area contributed by atoms with Gasteiger partial charge in [0.15, 0.2) is 5.82 Å². The van der Waals surface area contributed by atoms with Gasteiger partial charge < -0.3 is 0 Å². The molecule has 1 N–H and O–H groups in total. The summed E-state index contributed by atoms with van der Waals surface area (Å²) in [5.74, 6) is 1.12. The Morgan fingerprint density at radius 2 is 2.16 bits per heavy atom. The maximum Gasteiger partial charge on any atom is 0.252 e. The van der Waals surface area contributed by atoms with Gasteiger partial charge in [-0.05, 0) is 41.4 Å². The van der Waals surface area contributed by atoms with Gasteiger partial charge in [0.2, 0.25) is 0 Å². The average molecular weight is 365 g/mol. The number of hydrogen-bond acceptors (Lipinski definition) is 5. The maximum atomic E-state index is 12.4. The lowest BCUT2D eigenvalue weighted by Gasteiger charge is -2.13. The normalized spacial score (nSPS) is 12.3. The summed E-state index contributed by atoms with van der Waals surface area (Å²) in [5.41, 5.74) is 0.908. The van der Waals surface area contributed by atoms with Crippen LogP contribution in [0.3, 0.4) is 0 Å². The molecule has 0 spiro atoms. The Hall–Kier alpha value is -0.770. The summed E-state index contributed by atoms with van der Waals surface area (Å²) in [4.78, 5) is 4.10. The molecule has 0 aliphatic rings. The van der Waals surface area contributed by atoms with Gasteiger partial charge in [-0.2, -0.15) is 9.40 Å². The highest BCUT2D eigenvalue weighted by molar-refractivity contribution is 9.11. The lowest BCUT2D eigenvalue weighted by Crippen LogP contribution is -2.26. The standard InChI is InChI=1S/C10H13BrN4O2S2/c1-6-4-9(18-10(6)11)19(16,17)15(3)5-8-12-7(2)13-14-8/h4H,5H2,1-3H3,(H,12,13,14). The van der Waals surface area contributed by atoms with Gasteiger partial charge in [-0.25, -0.2) is 13.4 Å². The summed E-state index contributed by atoms with van der Waals surface area (Å²) in [6, 6.07) is 1.66. The van der Waals surface area contributed by atoms with Gasteiger partial charge in [0.25, 0.3) is 10.0 Å². The largest absolute Gasteiger partial charge is 0.263 e. The van der Waals surface area contributed by atoms with Gasteiger partial charge in [0.1, 0.15) is 10.0 Å². The number of rotatable bonds is 4. The third kappa shape index (κ3) is 3.04. The highest BCUT2D eigenvalue weighted by Gasteiger charge is 2.24. The van der Waals surface area contributed by atoms with Crippen molar-refractivity contribution in [1.29, 1.82) is 0 Å². The number of hydrogen-bond donors (Lipinski definition) is 1. The summed E-state index contributed by atoms with van der Waals surface area (Å²) >= 11 is 4.54. The summed E-state index contributed by atoms with van der Waals surface area (Å²) in [7, 11) is -1.98. The van der Waals surface area contributed by atoms with Crippen molar-refractivity contribution < 1.29 is 8.42 Å². The van der Waals surface area contributed by atoms with E-state index in [1.165, 1.54) is 22.7 Å². The molecular weight excluding hydrogens is 352 g/mol. The van der Waals surface area contributed by atoms with Crippen LogP contribution in [0.5, 0.6) is 0 Å². The number of aromatic amines is 1. The summed E-state index contributed by atoms with van der Waals surface area (Å²) in [6.07, 6.45) is 0. The molecule has 2 heterocycles. The number of aryl methyl sites for hydroxylation is 2. The number of nitrogens with one attached hydrogen (secondary N) is 1. The molecule has 2 aromatic rings. The molecule has 0 atom stereocenters. The highest BCUT2D eigenvalue weighted by Crippen LogP contribution is 2.32. The second-order valence-corrected chi connectivity index (χ2v) is 8.76. The van der Waals surface area contributed by atoms with Crippen molar-refractivity contribution in [3.05, 3.63) is 27.1 Å². The van der Waals surface area contributed by atoms with Crippen molar-refractivity contribution in [2.45, 2.75) is 24.6 Å². The fourth-order valence-electron chi connectivity index (χ4n) is 1.46. The molecule has 0 radical (unpaired) electrons. The van der Waals surface area contributed by atoms with Crippen molar-refractivity contribution in [2.24, 2.45) is 0 Å². The van der Waals surface area contributed by atoms with E-state index in [2.05, 4.69) is 31.1 Å². The van der Waals surface area contributed by atoms with E-state index in [0.717, 1.165) is 9.35 Å². The molecule has 0 saturated heterocycles. The number of sulfonamides is 1. The summed E-state index contributed by atoms with van der Waals surface area (Å²) in [5, 5.41) is 6.63. The van der Waals surface area contributed by atoms with Gasteiger partial charge in [-0.15, -0.1) is 11.3 Å². The summed E-state index contributed by atoms with van der Waals surface area (Å²) in [6.45, 7) is 3.77. The van der Waals surface area contributed by atoms with E-state index in [4.69, 9.17) is 0 Å². The Bertz CT molecular complexity index is 673. The number of halogens is 1. The first-order valence-corrected chi connectivity index (χ1v) is 8.46. The van der Waals surface area contributed by atoms with Crippen molar-refractivity contribution in [3.63, 3.8) is 0 Å². The highest BCUT2D eigenvalue weighted by atomic mass is 79.9. The van der Waals surface area contributed by atoms with Crippen LogP contribution in [0.4, 0.5) is 0 Å². The fraction of sp³-hybridized carbons (Fsp3) is 0.400. The van der Waals surface area contributed by atoms with E-state index in [1.807, 2.05) is 6.92 Å². The molecule has 0 saturated carbocycles. The lowest BCUT2D eigenvalue weighted by atomic mass is 10.4. The Kier molecular flexibility index (Phi) is 4.09. The SMILES string of the molecule is Cc1nc(CN(C)S(=O)(=O)c2cc(C)c(Br)s2)n[nH]1. The Morgan fingerprint density at radius 3 is 2.63 bits per heavy atom. The van der Waals surface area contributed by atoms with E-state index in [9.17, 15) is 8.42 Å². The predicted molar refractivity (Wildman–Crippen MR) is 76.5 cm³/mol. The molecule has 0 fully saturated rings. The van der Waals surface area contributed by atoms with Crippen LogP contribution in [0.2, 0.25) is 0 Å². The van der Waals surface area contributed by atoms with Crippen LogP contribution >= 0.6 is 27.3 Å². The first-order chi connectivity index (χ1) is 8.80. The molecule has 6 nitrogen and oxygen atoms in total. The second-order valence-electron chi connectivity index (χ2n) is 4.12. The molecule has 2 aromatic heterocycles. The molecule has 0 unspecified atom stereocenters. The van der Waals surface area contributed by atoms with Gasteiger partial charge in [0.05, 0.1) is 10.3 Å². The number of aromatic nitrogens is 3. The molecule has 2 rings (SSSR count). The van der Waals surface area contributed by atoms with E-state index in [-0.39, 0.29) is 6.54 Å². The molecular formula is C10H13BrN4O2S2. The smallest absolute Gasteiger partial charge is 0.252 e. The quantitative estimate of drug-likeness (QED) is 0.900. The van der Waals surface area contributed by atoms with Gasteiger partial charge >= 0.3 is 0 Å². The Labute approximate surface area is 124 Å². The van der Waals surface area contributed by atoms with E-state index >= 15 is 0 Å². The zero-order chi connectivity index (χ0) is 14.2. The van der Waals surface area contributed by atoms with Crippen LogP contribution in [0.1, 0.15) is 17.2 Å². The Morgan fingerprint density at radius 1 is 1.47 bits per heavy atom. The van der Waals surface area contributed by atoms with E-state index < -0.39 is 10.0 Å². The van der Waals surface area contributed by atoms with Gasteiger partial charge in [0, 0.05) is 7.05 Å². The topological polar surface area (TPSA) is 79.0 Å². The Balaban J connectivity index is 2.24. The zero-order valence-corrected chi connectivity index (χ0v) is 13.9.